The summed E-state index contributed by atoms with van der Waals surface area (Å²) >= 11 is 0. The Morgan fingerprint density at radius 2 is 2.10 bits per heavy atom. The van der Waals surface area contributed by atoms with Crippen molar-refractivity contribution in [2.45, 2.75) is 51.7 Å². The summed E-state index contributed by atoms with van der Waals surface area (Å²) in [5.74, 6) is 1.47. The SMILES string of the molecule is COc1ccc(C)cc1C(O)CNC1CCCCC1C. The van der Waals surface area contributed by atoms with Gasteiger partial charge in [0.1, 0.15) is 5.75 Å². The number of ether oxygens (including phenoxy) is 1. The van der Waals surface area contributed by atoms with Gasteiger partial charge in [0, 0.05) is 18.2 Å². The van der Waals surface area contributed by atoms with E-state index >= 15 is 0 Å². The Morgan fingerprint density at radius 3 is 2.80 bits per heavy atom. The number of aliphatic hydroxyl groups excluding tert-OH is 1. The molecule has 0 bridgehead atoms. The first kappa shape index (κ1) is 15.3. The minimum absolute atomic E-state index is 0.515. The van der Waals surface area contributed by atoms with Gasteiger partial charge < -0.3 is 15.2 Å². The monoisotopic (exact) mass is 277 g/mol. The standard InChI is InChI=1S/C17H27NO2/c1-12-8-9-17(20-3)14(10-12)16(19)11-18-15-7-5-4-6-13(15)2/h8-10,13,15-16,18-19H,4-7,11H2,1-3H3. The molecule has 1 fully saturated rings. The molecule has 112 valence electrons. The lowest BCUT2D eigenvalue weighted by atomic mass is 9.86. The molecular weight excluding hydrogens is 250 g/mol. The fraction of sp³-hybridized carbons (Fsp3) is 0.647. The number of benzene rings is 1. The Labute approximate surface area is 122 Å². The molecule has 1 saturated carbocycles. The van der Waals surface area contributed by atoms with Gasteiger partial charge in [0.05, 0.1) is 13.2 Å². The number of aryl methyl sites for hydroxylation is 1. The lowest BCUT2D eigenvalue weighted by molar-refractivity contribution is 0.154. The molecule has 0 amide bonds. The summed E-state index contributed by atoms with van der Waals surface area (Å²) in [6.45, 7) is 4.93. The Balaban J connectivity index is 1.97. The first-order valence-corrected chi connectivity index (χ1v) is 7.67. The molecule has 2 N–H and O–H groups in total. The van der Waals surface area contributed by atoms with Crippen LogP contribution in [0.25, 0.3) is 0 Å². The zero-order chi connectivity index (χ0) is 14.5. The number of hydrogen-bond donors (Lipinski definition) is 2. The van der Waals surface area contributed by atoms with Crippen LogP contribution >= 0.6 is 0 Å². The van der Waals surface area contributed by atoms with Crippen molar-refractivity contribution in [1.29, 1.82) is 0 Å². The lowest BCUT2D eigenvalue weighted by Crippen LogP contribution is -2.39. The van der Waals surface area contributed by atoms with Crippen LogP contribution in [0.5, 0.6) is 5.75 Å². The maximum Gasteiger partial charge on any atom is 0.124 e. The number of methoxy groups -OCH3 is 1. The minimum atomic E-state index is -0.515. The average Bonchev–Trinajstić information content (AvgIpc) is 2.46. The smallest absolute Gasteiger partial charge is 0.124 e. The van der Waals surface area contributed by atoms with E-state index in [0.29, 0.717) is 18.5 Å². The molecule has 3 heteroatoms. The van der Waals surface area contributed by atoms with Gasteiger partial charge in [-0.3, -0.25) is 0 Å². The lowest BCUT2D eigenvalue weighted by Gasteiger charge is -2.30. The molecule has 3 atom stereocenters. The van der Waals surface area contributed by atoms with E-state index in [1.165, 1.54) is 25.7 Å². The van der Waals surface area contributed by atoms with E-state index in [1.807, 2.05) is 25.1 Å². The molecule has 1 aromatic carbocycles. The normalized spacial score (nSPS) is 24.4. The second-order valence-electron chi connectivity index (χ2n) is 6.04. The molecule has 0 saturated heterocycles. The average molecular weight is 277 g/mol. The van der Waals surface area contributed by atoms with E-state index in [2.05, 4.69) is 12.2 Å². The first-order chi connectivity index (χ1) is 9.61. The van der Waals surface area contributed by atoms with Crippen molar-refractivity contribution < 1.29 is 9.84 Å². The summed E-state index contributed by atoms with van der Waals surface area (Å²) < 4.78 is 5.35. The van der Waals surface area contributed by atoms with Crippen molar-refractivity contribution in [3.05, 3.63) is 29.3 Å². The van der Waals surface area contributed by atoms with Crippen molar-refractivity contribution in [1.82, 2.24) is 5.32 Å². The Hall–Kier alpha value is -1.06. The highest BCUT2D eigenvalue weighted by atomic mass is 16.5. The second kappa shape index (κ2) is 7.09. The highest BCUT2D eigenvalue weighted by Gasteiger charge is 2.22. The fourth-order valence-corrected chi connectivity index (χ4v) is 3.11. The van der Waals surface area contributed by atoms with Crippen LogP contribution in [0.4, 0.5) is 0 Å². The van der Waals surface area contributed by atoms with Crippen molar-refractivity contribution >= 4 is 0 Å². The number of nitrogens with one attached hydrogen (secondary N) is 1. The number of aliphatic hydroxyl groups is 1. The van der Waals surface area contributed by atoms with E-state index in [9.17, 15) is 5.11 Å². The van der Waals surface area contributed by atoms with Gasteiger partial charge in [0.2, 0.25) is 0 Å². The molecule has 3 nitrogen and oxygen atoms in total. The van der Waals surface area contributed by atoms with Crippen LogP contribution in [0.15, 0.2) is 18.2 Å². The predicted molar refractivity (Wildman–Crippen MR) is 82.1 cm³/mol. The molecule has 20 heavy (non-hydrogen) atoms. The maximum absolute atomic E-state index is 10.4. The zero-order valence-corrected chi connectivity index (χ0v) is 12.9. The molecule has 3 unspecified atom stereocenters. The van der Waals surface area contributed by atoms with Gasteiger partial charge in [0.15, 0.2) is 0 Å². The van der Waals surface area contributed by atoms with Gasteiger partial charge in [0.25, 0.3) is 0 Å². The second-order valence-corrected chi connectivity index (χ2v) is 6.04. The molecule has 0 spiro atoms. The molecule has 1 aliphatic rings. The van der Waals surface area contributed by atoms with Crippen LogP contribution in [0.3, 0.4) is 0 Å². The van der Waals surface area contributed by atoms with Gasteiger partial charge in [-0.05, 0) is 37.8 Å². The van der Waals surface area contributed by atoms with Gasteiger partial charge >= 0.3 is 0 Å². The molecule has 0 heterocycles. The largest absolute Gasteiger partial charge is 0.496 e. The summed E-state index contributed by atoms with van der Waals surface area (Å²) in [7, 11) is 1.65. The minimum Gasteiger partial charge on any atom is -0.496 e. The summed E-state index contributed by atoms with van der Waals surface area (Å²) in [6, 6.07) is 6.48. The van der Waals surface area contributed by atoms with Crippen molar-refractivity contribution in [2.24, 2.45) is 5.92 Å². The van der Waals surface area contributed by atoms with E-state index in [-0.39, 0.29) is 0 Å². The third-order valence-corrected chi connectivity index (χ3v) is 4.43. The number of rotatable bonds is 5. The quantitative estimate of drug-likeness (QED) is 0.868. The maximum atomic E-state index is 10.4. The van der Waals surface area contributed by atoms with Crippen LogP contribution < -0.4 is 10.1 Å². The molecule has 0 aromatic heterocycles. The van der Waals surface area contributed by atoms with Gasteiger partial charge in [-0.2, -0.15) is 0 Å². The van der Waals surface area contributed by atoms with Crippen molar-refractivity contribution in [2.75, 3.05) is 13.7 Å². The summed E-state index contributed by atoms with van der Waals surface area (Å²) in [6.07, 6.45) is 4.64. The van der Waals surface area contributed by atoms with Gasteiger partial charge in [-0.25, -0.2) is 0 Å². The molecule has 1 aliphatic carbocycles. The Morgan fingerprint density at radius 1 is 1.35 bits per heavy atom. The fourth-order valence-electron chi connectivity index (χ4n) is 3.11. The summed E-state index contributed by atoms with van der Waals surface area (Å²) in [4.78, 5) is 0. The van der Waals surface area contributed by atoms with Crippen LogP contribution in [0.1, 0.15) is 49.8 Å². The Bertz CT molecular complexity index is 433. The first-order valence-electron chi connectivity index (χ1n) is 7.67. The summed E-state index contributed by atoms with van der Waals surface area (Å²) in [5, 5.41) is 14.0. The van der Waals surface area contributed by atoms with E-state index in [0.717, 1.165) is 16.9 Å². The third-order valence-electron chi connectivity index (χ3n) is 4.43. The highest BCUT2D eigenvalue weighted by Crippen LogP contribution is 2.27. The molecule has 0 radical (unpaired) electrons. The number of hydrogen-bond acceptors (Lipinski definition) is 3. The topological polar surface area (TPSA) is 41.5 Å². The van der Waals surface area contributed by atoms with E-state index < -0.39 is 6.10 Å². The Kier molecular flexibility index (Phi) is 5.44. The third kappa shape index (κ3) is 3.74. The molecule has 2 rings (SSSR count). The summed E-state index contributed by atoms with van der Waals surface area (Å²) in [5.41, 5.74) is 2.02. The van der Waals surface area contributed by atoms with Gasteiger partial charge in [-0.15, -0.1) is 0 Å². The van der Waals surface area contributed by atoms with Crippen LogP contribution in [0, 0.1) is 12.8 Å². The zero-order valence-electron chi connectivity index (χ0n) is 12.9. The van der Waals surface area contributed by atoms with Crippen LogP contribution in [0.2, 0.25) is 0 Å². The molecule has 1 aromatic rings. The van der Waals surface area contributed by atoms with Crippen molar-refractivity contribution in [3.63, 3.8) is 0 Å². The molecule has 0 aliphatic heterocycles. The van der Waals surface area contributed by atoms with Gasteiger partial charge in [-0.1, -0.05) is 31.4 Å². The highest BCUT2D eigenvalue weighted by molar-refractivity contribution is 5.38. The van der Waals surface area contributed by atoms with Crippen LogP contribution in [-0.4, -0.2) is 24.8 Å². The van der Waals surface area contributed by atoms with E-state index in [1.54, 1.807) is 7.11 Å². The molecular formula is C17H27NO2. The van der Waals surface area contributed by atoms with E-state index in [4.69, 9.17) is 4.74 Å². The predicted octanol–water partition coefficient (Wildman–Crippen LogP) is 3.21. The van der Waals surface area contributed by atoms with Crippen molar-refractivity contribution in [3.8, 4) is 5.75 Å². The van der Waals surface area contributed by atoms with Crippen LogP contribution in [-0.2, 0) is 0 Å².